The molecule has 1 aromatic heterocycles. The van der Waals surface area contributed by atoms with Gasteiger partial charge in [0, 0.05) is 22.8 Å². The van der Waals surface area contributed by atoms with Crippen LogP contribution in [0.25, 0.3) is 0 Å². The standard InChI is InChI=1S/C17H11Cl2F3O5.C14H12ClNO4S.C3H8NO5P/c1-8(15(23)24)26-16(25)11-7-10(3-4-12(11)18)27-14-5-2-9(6-13(14)19)17(20,21)22;1-21(18,19)12-6-9(15)4-5-10(12)13(17)11-7-16-20-14(11)8-2-3-8;5-3(6)1-4-2-10(7,8)9/h2-8H,1H3,(H,23,24);4-8H,2-3H2,1H3;4H,1-2H2,(H,5,6)(H2,7,8,9)/t8-;;/m0../s1. The lowest BCUT2D eigenvalue weighted by molar-refractivity contribution is -0.146. The highest BCUT2D eigenvalue weighted by Crippen LogP contribution is 2.42. The lowest BCUT2D eigenvalue weighted by Gasteiger charge is -2.13. The van der Waals surface area contributed by atoms with Crippen LogP contribution in [0, 0.1) is 0 Å². The number of hydrogen-bond acceptors (Lipinski definition) is 12. The summed E-state index contributed by atoms with van der Waals surface area (Å²) in [5.41, 5.74) is -0.704. The highest BCUT2D eigenvalue weighted by Gasteiger charge is 2.34. The molecule has 0 amide bonds. The summed E-state index contributed by atoms with van der Waals surface area (Å²) >= 11 is 17.6. The Hall–Kier alpha value is -4.53. The van der Waals surface area contributed by atoms with Crippen LogP contribution in [0.3, 0.4) is 0 Å². The van der Waals surface area contributed by atoms with E-state index in [1.54, 1.807) is 0 Å². The second-order valence-corrected chi connectivity index (χ2v) is 16.9. The van der Waals surface area contributed by atoms with E-state index in [1.807, 2.05) is 0 Å². The summed E-state index contributed by atoms with van der Waals surface area (Å²) in [5, 5.41) is 22.5. The van der Waals surface area contributed by atoms with Crippen LogP contribution in [0.15, 0.2) is 70.2 Å². The highest BCUT2D eigenvalue weighted by atomic mass is 35.5. The molecule has 1 atom stereocenters. The molecule has 16 nitrogen and oxygen atoms in total. The van der Waals surface area contributed by atoms with E-state index < -0.39 is 71.8 Å². The third-order valence-electron chi connectivity index (χ3n) is 7.25. The van der Waals surface area contributed by atoms with E-state index in [2.05, 4.69) is 10.5 Å². The van der Waals surface area contributed by atoms with Crippen molar-refractivity contribution in [1.29, 1.82) is 0 Å². The van der Waals surface area contributed by atoms with Crippen molar-refractivity contribution in [3.05, 3.63) is 104 Å². The Morgan fingerprint density at radius 2 is 1.62 bits per heavy atom. The first-order chi connectivity index (χ1) is 26.8. The largest absolute Gasteiger partial charge is 0.480 e. The molecule has 314 valence electrons. The first kappa shape index (κ1) is 47.8. The molecule has 1 heterocycles. The number of carboxylic acids is 2. The number of carboxylic acid groups (broad SMARTS) is 2. The normalized spacial score (nSPS) is 13.2. The van der Waals surface area contributed by atoms with Crippen LogP contribution < -0.4 is 10.1 Å². The van der Waals surface area contributed by atoms with Crippen molar-refractivity contribution in [3.8, 4) is 11.5 Å². The summed E-state index contributed by atoms with van der Waals surface area (Å²) in [4.78, 5) is 61.5. The molecule has 3 aromatic carbocycles. The zero-order chi connectivity index (χ0) is 43.7. The Labute approximate surface area is 341 Å². The molecule has 5 rings (SSSR count). The first-order valence-electron chi connectivity index (χ1n) is 16.0. The van der Waals surface area contributed by atoms with Crippen molar-refractivity contribution in [1.82, 2.24) is 10.5 Å². The Bertz CT molecular complexity index is 2330. The lowest BCUT2D eigenvalue weighted by atomic mass is 10.0. The van der Waals surface area contributed by atoms with Gasteiger partial charge in [-0.2, -0.15) is 13.2 Å². The van der Waals surface area contributed by atoms with E-state index in [0.717, 1.165) is 44.2 Å². The Morgan fingerprint density at radius 1 is 0.966 bits per heavy atom. The lowest BCUT2D eigenvalue weighted by Crippen LogP contribution is -2.23. The molecule has 0 radical (unpaired) electrons. The maximum absolute atomic E-state index is 12.7. The summed E-state index contributed by atoms with van der Waals surface area (Å²) < 4.78 is 87.0. The van der Waals surface area contributed by atoms with Gasteiger partial charge < -0.3 is 34.0 Å². The predicted molar refractivity (Wildman–Crippen MR) is 200 cm³/mol. The molecule has 1 saturated carbocycles. The number of nitrogens with zero attached hydrogens (tertiary/aromatic N) is 1. The zero-order valence-electron chi connectivity index (χ0n) is 29.7. The topological polar surface area (TPSA) is 257 Å². The van der Waals surface area contributed by atoms with Crippen LogP contribution in [0.1, 0.15) is 63.3 Å². The third-order valence-corrected chi connectivity index (χ3v) is 9.88. The van der Waals surface area contributed by atoms with Gasteiger partial charge in [0.25, 0.3) is 0 Å². The minimum Gasteiger partial charge on any atom is -0.480 e. The summed E-state index contributed by atoms with van der Waals surface area (Å²) in [6.07, 6.45) is -2.26. The van der Waals surface area contributed by atoms with Crippen molar-refractivity contribution in [2.24, 2.45) is 0 Å². The van der Waals surface area contributed by atoms with E-state index in [0.29, 0.717) is 17.4 Å². The fraction of sp³-hybridized carbons (Fsp3) is 0.265. The number of halogens is 6. The molecule has 0 unspecified atom stereocenters. The van der Waals surface area contributed by atoms with Gasteiger partial charge in [-0.05, 0) is 74.4 Å². The fourth-order valence-corrected chi connectivity index (χ4v) is 6.34. The first-order valence-corrected chi connectivity index (χ1v) is 20.8. The molecular formula is C34H31Cl3F3N2O14PS. The molecule has 4 aromatic rings. The van der Waals surface area contributed by atoms with Crippen LogP contribution >= 0.6 is 42.4 Å². The second-order valence-electron chi connectivity index (χ2n) is 12.0. The fourth-order valence-electron chi connectivity index (χ4n) is 4.39. The predicted octanol–water partition coefficient (Wildman–Crippen LogP) is 7.07. The monoisotopic (exact) mass is 916 g/mol. The van der Waals surface area contributed by atoms with Crippen molar-refractivity contribution in [2.45, 2.75) is 42.9 Å². The van der Waals surface area contributed by atoms with Crippen LogP contribution in [-0.2, 0) is 34.9 Å². The van der Waals surface area contributed by atoms with Gasteiger partial charge in [0.05, 0.1) is 50.7 Å². The van der Waals surface area contributed by atoms with Gasteiger partial charge in [-0.25, -0.2) is 18.0 Å². The van der Waals surface area contributed by atoms with Gasteiger partial charge in [-0.1, -0.05) is 40.0 Å². The number of alkyl halides is 3. The number of benzene rings is 3. The van der Waals surface area contributed by atoms with Gasteiger partial charge in [0.1, 0.15) is 11.5 Å². The number of ether oxygens (including phenoxy) is 2. The van der Waals surface area contributed by atoms with Crippen molar-refractivity contribution in [3.63, 3.8) is 0 Å². The van der Waals surface area contributed by atoms with E-state index in [4.69, 9.17) is 68.8 Å². The van der Waals surface area contributed by atoms with Gasteiger partial charge in [0.2, 0.25) is 0 Å². The van der Waals surface area contributed by atoms with Crippen LogP contribution in [0.4, 0.5) is 13.2 Å². The van der Waals surface area contributed by atoms with Gasteiger partial charge in [-0.15, -0.1) is 0 Å². The number of rotatable bonds is 13. The molecule has 0 aliphatic heterocycles. The van der Waals surface area contributed by atoms with Crippen molar-refractivity contribution in [2.75, 3.05) is 19.1 Å². The van der Waals surface area contributed by atoms with Crippen LogP contribution in [-0.4, -0.2) is 82.5 Å². The smallest absolute Gasteiger partial charge is 0.416 e. The van der Waals surface area contributed by atoms with Crippen molar-refractivity contribution < 1.29 is 79.3 Å². The summed E-state index contributed by atoms with van der Waals surface area (Å²) in [7, 11) is -7.66. The van der Waals surface area contributed by atoms with Gasteiger partial charge in [0.15, 0.2) is 27.5 Å². The number of carbonyl (C=O) groups is 4. The summed E-state index contributed by atoms with van der Waals surface area (Å²) in [5.74, 6) is -3.19. The van der Waals surface area contributed by atoms with E-state index in [-0.39, 0.29) is 48.5 Å². The molecule has 1 aliphatic carbocycles. The van der Waals surface area contributed by atoms with E-state index in [1.165, 1.54) is 36.5 Å². The quantitative estimate of drug-likeness (QED) is 0.0510. The number of hydrogen-bond donors (Lipinski definition) is 5. The minimum atomic E-state index is -4.56. The van der Waals surface area contributed by atoms with Crippen molar-refractivity contribution >= 4 is 75.9 Å². The second kappa shape index (κ2) is 20.0. The number of esters is 1. The van der Waals surface area contributed by atoms with E-state index in [9.17, 15) is 45.3 Å². The molecule has 0 saturated heterocycles. The minimum absolute atomic E-state index is 0.0246. The summed E-state index contributed by atoms with van der Waals surface area (Å²) in [6, 6.07) is 10.5. The third kappa shape index (κ3) is 14.7. The summed E-state index contributed by atoms with van der Waals surface area (Å²) in [6.45, 7) is 0.724. The Balaban J connectivity index is 0.000000257. The molecule has 24 heteroatoms. The van der Waals surface area contributed by atoms with Crippen LogP contribution in [0.2, 0.25) is 15.1 Å². The molecule has 5 N–H and O–H groups in total. The number of sulfone groups is 1. The van der Waals surface area contributed by atoms with E-state index >= 15 is 0 Å². The number of ketones is 1. The molecular weight excluding hydrogens is 887 g/mol. The number of aliphatic carboxylic acids is 2. The molecule has 1 aliphatic rings. The Morgan fingerprint density at radius 3 is 2.16 bits per heavy atom. The average molecular weight is 918 g/mol. The number of carbonyl (C=O) groups excluding carboxylic acids is 2. The highest BCUT2D eigenvalue weighted by molar-refractivity contribution is 7.90. The van der Waals surface area contributed by atoms with Crippen LogP contribution in [0.5, 0.6) is 11.5 Å². The SMILES string of the molecule is CS(=O)(=O)c1cc(Cl)ccc1C(=O)c1cnoc1C1CC1.C[C@H](OC(=O)c1cc(Oc2ccc(C(F)(F)F)cc2Cl)ccc1Cl)C(=O)O.O=C(O)CNCP(=O)(O)O. The number of aromatic nitrogens is 1. The average Bonchev–Trinajstić information content (AvgIpc) is 3.83. The Kier molecular flexibility index (Phi) is 16.5. The molecule has 1 fully saturated rings. The maximum atomic E-state index is 12.7. The molecule has 0 spiro atoms. The maximum Gasteiger partial charge on any atom is 0.416 e. The molecule has 58 heavy (non-hydrogen) atoms. The van der Waals surface area contributed by atoms with Gasteiger partial charge in [-0.3, -0.25) is 19.5 Å². The molecule has 0 bridgehead atoms. The van der Waals surface area contributed by atoms with Gasteiger partial charge >= 0.3 is 31.7 Å². The zero-order valence-corrected chi connectivity index (χ0v) is 33.7. The number of nitrogens with one attached hydrogen (secondary N) is 1.